The minimum absolute atomic E-state index is 0.151. The highest BCUT2D eigenvalue weighted by Gasteiger charge is 2.40. The maximum Gasteiger partial charge on any atom is 0.410 e. The van der Waals surface area contributed by atoms with Crippen LogP contribution >= 0.6 is 0 Å². The molecule has 44 heavy (non-hydrogen) atoms. The summed E-state index contributed by atoms with van der Waals surface area (Å²) in [7, 11) is 0. The Morgan fingerprint density at radius 3 is 2.59 bits per heavy atom. The molecule has 1 unspecified atom stereocenters. The van der Waals surface area contributed by atoms with Crippen molar-refractivity contribution in [3.63, 3.8) is 0 Å². The molecule has 2 heterocycles. The monoisotopic (exact) mass is 613 g/mol. The number of nitrogens with zero attached hydrogens (tertiary/aromatic N) is 5. The summed E-state index contributed by atoms with van der Waals surface area (Å²) in [6, 6.07) is 4.43. The third kappa shape index (κ3) is 10.5. The van der Waals surface area contributed by atoms with Gasteiger partial charge in [0.05, 0.1) is 13.2 Å². The van der Waals surface area contributed by atoms with Gasteiger partial charge in [-0.05, 0) is 57.7 Å². The van der Waals surface area contributed by atoms with Crippen LogP contribution in [-0.4, -0.2) is 84.0 Å². The number of anilines is 1. The van der Waals surface area contributed by atoms with Gasteiger partial charge in [0.25, 0.3) is 5.91 Å². The molecule has 0 spiro atoms. The summed E-state index contributed by atoms with van der Waals surface area (Å²) in [4.78, 5) is 67.9. The maximum absolute atomic E-state index is 13.0. The van der Waals surface area contributed by atoms with Crippen LogP contribution in [-0.2, 0) is 30.4 Å². The average Bonchev–Trinajstić information content (AvgIpc) is 3.29. The molecule has 1 saturated heterocycles. The van der Waals surface area contributed by atoms with Crippen LogP contribution in [0.3, 0.4) is 0 Å². The average molecular weight is 614 g/mol. The van der Waals surface area contributed by atoms with Gasteiger partial charge in [-0.1, -0.05) is 30.4 Å². The molecule has 2 aliphatic heterocycles. The van der Waals surface area contributed by atoms with E-state index in [2.05, 4.69) is 20.7 Å². The molecule has 1 aromatic carbocycles. The summed E-state index contributed by atoms with van der Waals surface area (Å²) in [5.41, 5.74) is 9.40. The van der Waals surface area contributed by atoms with Crippen LogP contribution in [0, 0.1) is 0 Å². The minimum atomic E-state index is -0.712. The summed E-state index contributed by atoms with van der Waals surface area (Å²) < 4.78 is 11.0. The van der Waals surface area contributed by atoms with Crippen molar-refractivity contribution in [2.45, 2.75) is 90.3 Å². The van der Waals surface area contributed by atoms with E-state index in [1.807, 2.05) is 20.8 Å². The second-order valence-corrected chi connectivity index (χ2v) is 11.8. The smallest absolute Gasteiger partial charge is 0.410 e. The van der Waals surface area contributed by atoms with E-state index < -0.39 is 23.6 Å². The predicted octanol–water partition coefficient (Wildman–Crippen LogP) is 4.29. The van der Waals surface area contributed by atoms with Gasteiger partial charge in [-0.15, -0.1) is 0 Å². The number of hydrogen-bond acceptors (Lipinski definition) is 8. The molecule has 3 rings (SSSR count). The molecular weight excluding hydrogens is 570 g/mol. The Kier molecular flexibility index (Phi) is 13.0. The lowest BCUT2D eigenvalue weighted by Gasteiger charge is -2.29. The van der Waals surface area contributed by atoms with Crippen LogP contribution in [0.2, 0.25) is 0 Å². The number of piperidine rings is 1. The number of carbonyl (C=O) groups excluding carboxylic acids is 5. The summed E-state index contributed by atoms with van der Waals surface area (Å²) in [6.07, 6.45) is 4.47. The van der Waals surface area contributed by atoms with E-state index in [1.54, 1.807) is 23.1 Å². The third-order valence-corrected chi connectivity index (χ3v) is 7.24. The van der Waals surface area contributed by atoms with Gasteiger partial charge in [-0.2, -0.15) is 0 Å². The Bertz CT molecular complexity index is 1260. The maximum atomic E-state index is 13.0. The van der Waals surface area contributed by atoms with Crippen LogP contribution in [0.15, 0.2) is 23.3 Å². The Hall–Kier alpha value is -4.16. The van der Waals surface area contributed by atoms with Crippen LogP contribution in [0.4, 0.5) is 10.5 Å². The number of amides is 5. The molecule has 0 aromatic heterocycles. The van der Waals surface area contributed by atoms with E-state index in [-0.39, 0.29) is 50.3 Å². The number of azide groups is 1. The summed E-state index contributed by atoms with van der Waals surface area (Å²) in [6.45, 7) is 7.35. The number of carbonyl (C=O) groups is 5. The second-order valence-electron chi connectivity index (χ2n) is 11.8. The fourth-order valence-electron chi connectivity index (χ4n) is 5.08. The number of hydrogen-bond donors (Lipinski definition) is 2. The highest BCUT2D eigenvalue weighted by Crippen LogP contribution is 2.32. The van der Waals surface area contributed by atoms with Gasteiger partial charge in [-0.3, -0.25) is 24.5 Å². The lowest BCUT2D eigenvalue weighted by Crippen LogP contribution is -2.52. The standard InChI is InChI=1S/C30H43N7O7/c1-30(2,3)44-29(42)36(17-19-43-18-15-32-35-31)16-8-6-4-5-7-12-25(38)33-23-11-9-10-21-22(23)20-37(28(21)41)24-13-14-26(39)34-27(24)40/h9-11,24H,4-8,12-20H2,1-3H3,(H,33,38)(H,34,39,40). The first-order chi connectivity index (χ1) is 21.0. The molecule has 2 N–H and O–H groups in total. The second kappa shape index (κ2) is 16.6. The largest absolute Gasteiger partial charge is 0.444 e. The number of nitrogens with one attached hydrogen (secondary N) is 2. The van der Waals surface area contributed by atoms with Gasteiger partial charge in [0, 0.05) is 60.7 Å². The van der Waals surface area contributed by atoms with E-state index in [0.29, 0.717) is 49.4 Å². The Morgan fingerprint density at radius 2 is 1.86 bits per heavy atom. The Morgan fingerprint density at radius 1 is 1.11 bits per heavy atom. The third-order valence-electron chi connectivity index (χ3n) is 7.24. The molecule has 0 aliphatic carbocycles. The van der Waals surface area contributed by atoms with Crippen LogP contribution in [0.25, 0.3) is 10.4 Å². The molecule has 0 radical (unpaired) electrons. The molecule has 14 nitrogen and oxygen atoms in total. The number of benzene rings is 1. The Labute approximate surface area is 257 Å². The van der Waals surface area contributed by atoms with Crippen molar-refractivity contribution in [3.05, 3.63) is 39.8 Å². The van der Waals surface area contributed by atoms with Gasteiger partial charge < -0.3 is 24.6 Å². The molecule has 5 amide bonds. The number of ether oxygens (including phenoxy) is 2. The molecule has 1 aromatic rings. The van der Waals surface area contributed by atoms with Gasteiger partial charge in [0.2, 0.25) is 17.7 Å². The van der Waals surface area contributed by atoms with E-state index in [1.165, 1.54) is 4.90 Å². The van der Waals surface area contributed by atoms with Crippen molar-refractivity contribution in [1.82, 2.24) is 15.1 Å². The topological polar surface area (TPSA) is 183 Å². The normalized spacial score (nSPS) is 16.2. The fourth-order valence-corrected chi connectivity index (χ4v) is 5.08. The van der Waals surface area contributed by atoms with E-state index in [0.717, 1.165) is 25.7 Å². The van der Waals surface area contributed by atoms with Gasteiger partial charge in [-0.25, -0.2) is 4.79 Å². The molecule has 0 bridgehead atoms. The van der Waals surface area contributed by atoms with Crippen molar-refractivity contribution < 1.29 is 33.4 Å². The first-order valence-corrected chi connectivity index (χ1v) is 15.1. The summed E-state index contributed by atoms with van der Waals surface area (Å²) in [5, 5.41) is 8.64. The van der Waals surface area contributed by atoms with E-state index in [4.69, 9.17) is 15.0 Å². The van der Waals surface area contributed by atoms with Crippen LogP contribution in [0.5, 0.6) is 0 Å². The minimum Gasteiger partial charge on any atom is -0.444 e. The highest BCUT2D eigenvalue weighted by atomic mass is 16.6. The van der Waals surface area contributed by atoms with Gasteiger partial charge >= 0.3 is 6.09 Å². The summed E-state index contributed by atoms with van der Waals surface area (Å²) in [5.74, 6) is -1.25. The molecule has 240 valence electrons. The van der Waals surface area contributed by atoms with Crippen molar-refractivity contribution in [3.8, 4) is 0 Å². The van der Waals surface area contributed by atoms with E-state index in [9.17, 15) is 24.0 Å². The lowest BCUT2D eigenvalue weighted by molar-refractivity contribution is -0.137. The number of fused-ring (bicyclic) bond motifs is 1. The number of rotatable bonds is 16. The summed E-state index contributed by atoms with van der Waals surface area (Å²) >= 11 is 0. The molecule has 0 saturated carbocycles. The molecular formula is C30H43N7O7. The zero-order valence-corrected chi connectivity index (χ0v) is 25.8. The molecule has 14 heteroatoms. The predicted molar refractivity (Wildman–Crippen MR) is 161 cm³/mol. The van der Waals surface area contributed by atoms with Crippen LogP contribution in [0.1, 0.15) is 88.1 Å². The van der Waals surface area contributed by atoms with Crippen molar-refractivity contribution in [2.24, 2.45) is 5.11 Å². The Balaban J connectivity index is 1.38. The zero-order chi connectivity index (χ0) is 32.1. The highest BCUT2D eigenvalue weighted by molar-refractivity contribution is 6.06. The van der Waals surface area contributed by atoms with Crippen LogP contribution < -0.4 is 10.6 Å². The van der Waals surface area contributed by atoms with Gasteiger partial charge in [0.1, 0.15) is 11.6 Å². The van der Waals surface area contributed by atoms with Crippen molar-refractivity contribution >= 4 is 35.4 Å². The SMILES string of the molecule is CC(C)(C)OC(=O)N(CCCCCCCC(=O)Nc1cccc2c1CN(C1CCC(=O)NC1=O)C2=O)CCOCCN=[N+]=[N-]. The fraction of sp³-hybridized carbons (Fsp3) is 0.633. The lowest BCUT2D eigenvalue weighted by atomic mass is 10.0. The first kappa shape index (κ1) is 34.3. The van der Waals surface area contributed by atoms with Crippen molar-refractivity contribution in [1.29, 1.82) is 0 Å². The van der Waals surface area contributed by atoms with Gasteiger partial charge in [0.15, 0.2) is 0 Å². The number of unbranched alkanes of at least 4 members (excludes halogenated alkanes) is 4. The van der Waals surface area contributed by atoms with Crippen molar-refractivity contribution in [2.75, 3.05) is 38.2 Å². The number of imide groups is 1. The molecule has 2 aliphatic rings. The quantitative estimate of drug-likeness (QED) is 0.0916. The molecule has 1 atom stereocenters. The van der Waals surface area contributed by atoms with E-state index >= 15 is 0 Å². The first-order valence-electron chi connectivity index (χ1n) is 15.1. The zero-order valence-electron chi connectivity index (χ0n) is 25.8. The molecule has 1 fully saturated rings.